The Kier molecular flexibility index (Phi) is 6.38. The van der Waals surface area contributed by atoms with Gasteiger partial charge in [-0.25, -0.2) is 0 Å². The molecule has 2 nitrogen and oxygen atoms in total. The zero-order valence-corrected chi connectivity index (χ0v) is 23.8. The molecule has 2 heteroatoms. The quantitative estimate of drug-likeness (QED) is 0.196. The highest BCUT2D eigenvalue weighted by Crippen LogP contribution is 2.41. The highest BCUT2D eigenvalue weighted by atomic mass is 16.1. The SMILES string of the molecule is CCC(=O)[C@](C)(CC)c1ccc2c(c1)Cc1cc(C=Nc3ccc4c(c3)Cc3cc(C(C)C)ccc3-4)ccc1-2. The third-order valence-electron chi connectivity index (χ3n) is 9.10. The molecule has 0 unspecified atom stereocenters. The molecule has 0 heterocycles. The van der Waals surface area contributed by atoms with E-state index in [1.54, 1.807) is 0 Å². The van der Waals surface area contributed by atoms with Crippen molar-refractivity contribution >= 4 is 17.7 Å². The molecule has 2 aliphatic rings. The molecule has 0 aromatic heterocycles. The van der Waals surface area contributed by atoms with Crippen LogP contribution in [0.4, 0.5) is 5.69 Å². The second kappa shape index (κ2) is 9.75. The Labute approximate surface area is 232 Å². The lowest BCUT2D eigenvalue weighted by Crippen LogP contribution is -2.31. The molecule has 4 aromatic rings. The summed E-state index contributed by atoms with van der Waals surface area (Å²) in [5, 5.41) is 0. The molecule has 1 atom stereocenters. The van der Waals surface area contributed by atoms with Gasteiger partial charge in [-0.1, -0.05) is 82.3 Å². The first kappa shape index (κ1) is 25.5. The molecule has 0 saturated heterocycles. The van der Waals surface area contributed by atoms with Crippen molar-refractivity contribution in [2.24, 2.45) is 4.99 Å². The number of carbonyl (C=O) groups is 1. The van der Waals surface area contributed by atoms with E-state index in [4.69, 9.17) is 4.99 Å². The summed E-state index contributed by atoms with van der Waals surface area (Å²) < 4.78 is 0. The fourth-order valence-corrected chi connectivity index (χ4v) is 6.41. The summed E-state index contributed by atoms with van der Waals surface area (Å²) in [7, 11) is 0. The number of hydrogen-bond acceptors (Lipinski definition) is 2. The number of rotatable bonds is 7. The van der Waals surface area contributed by atoms with E-state index in [9.17, 15) is 4.79 Å². The molecule has 0 fully saturated rings. The molecule has 0 N–H and O–H groups in total. The van der Waals surface area contributed by atoms with E-state index >= 15 is 0 Å². The minimum atomic E-state index is -0.412. The van der Waals surface area contributed by atoms with Gasteiger partial charge in [0.15, 0.2) is 0 Å². The third kappa shape index (κ3) is 4.36. The van der Waals surface area contributed by atoms with Crippen LogP contribution in [0.5, 0.6) is 0 Å². The van der Waals surface area contributed by atoms with Crippen LogP contribution in [-0.4, -0.2) is 12.0 Å². The minimum Gasteiger partial charge on any atom is -0.299 e. The number of aliphatic imine (C=N–C) groups is 1. The molecule has 4 aromatic carbocycles. The van der Waals surface area contributed by atoms with E-state index in [1.807, 2.05) is 13.1 Å². The van der Waals surface area contributed by atoms with Crippen molar-refractivity contribution in [1.82, 2.24) is 0 Å². The van der Waals surface area contributed by atoms with Gasteiger partial charge in [0.1, 0.15) is 5.78 Å². The van der Waals surface area contributed by atoms with E-state index in [1.165, 1.54) is 50.1 Å². The molecule has 0 aliphatic heterocycles. The Bertz CT molecular complexity index is 1640. The smallest absolute Gasteiger partial charge is 0.142 e. The number of hydrogen-bond donors (Lipinski definition) is 0. The Balaban J connectivity index is 1.22. The molecule has 0 amide bonds. The fraction of sp³-hybridized carbons (Fsp3) is 0.297. The molecular weight excluding hydrogens is 474 g/mol. The molecule has 2 aliphatic carbocycles. The molecule has 39 heavy (non-hydrogen) atoms. The first-order chi connectivity index (χ1) is 18.8. The molecule has 0 saturated carbocycles. The fourth-order valence-electron chi connectivity index (χ4n) is 6.41. The zero-order chi connectivity index (χ0) is 27.3. The predicted molar refractivity (Wildman–Crippen MR) is 164 cm³/mol. The van der Waals surface area contributed by atoms with Gasteiger partial charge in [0.25, 0.3) is 0 Å². The van der Waals surface area contributed by atoms with Crippen molar-refractivity contribution in [2.45, 2.75) is 71.6 Å². The van der Waals surface area contributed by atoms with Crippen molar-refractivity contribution in [3.8, 4) is 22.3 Å². The summed E-state index contributed by atoms with van der Waals surface area (Å²) in [6, 6.07) is 26.8. The van der Waals surface area contributed by atoms with Crippen molar-refractivity contribution in [2.75, 3.05) is 0 Å². The maximum atomic E-state index is 12.8. The van der Waals surface area contributed by atoms with Crippen LogP contribution < -0.4 is 0 Å². The van der Waals surface area contributed by atoms with E-state index < -0.39 is 5.41 Å². The number of nitrogens with zero attached hydrogens (tertiary/aromatic N) is 1. The van der Waals surface area contributed by atoms with E-state index in [-0.39, 0.29) is 0 Å². The lowest BCUT2D eigenvalue weighted by atomic mass is 9.75. The summed E-state index contributed by atoms with van der Waals surface area (Å²) in [5.74, 6) is 0.859. The van der Waals surface area contributed by atoms with Crippen LogP contribution >= 0.6 is 0 Å². The monoisotopic (exact) mass is 511 g/mol. The number of ketones is 1. The maximum absolute atomic E-state index is 12.8. The van der Waals surface area contributed by atoms with Crippen molar-refractivity contribution in [1.29, 1.82) is 0 Å². The average Bonchev–Trinajstić information content (AvgIpc) is 3.51. The Hall–Kier alpha value is -3.78. The van der Waals surface area contributed by atoms with Gasteiger partial charge in [-0.2, -0.15) is 0 Å². The second-order valence-electron chi connectivity index (χ2n) is 11.8. The van der Waals surface area contributed by atoms with Crippen LogP contribution in [-0.2, 0) is 23.1 Å². The van der Waals surface area contributed by atoms with Gasteiger partial charge < -0.3 is 0 Å². The van der Waals surface area contributed by atoms with Crippen LogP contribution in [0.15, 0.2) is 77.8 Å². The van der Waals surface area contributed by atoms with Crippen LogP contribution in [0.25, 0.3) is 22.3 Å². The maximum Gasteiger partial charge on any atom is 0.142 e. The number of benzene rings is 4. The zero-order valence-electron chi connectivity index (χ0n) is 23.8. The van der Waals surface area contributed by atoms with Gasteiger partial charge in [-0.05, 0) is 112 Å². The van der Waals surface area contributed by atoms with Gasteiger partial charge in [0.05, 0.1) is 11.1 Å². The van der Waals surface area contributed by atoms with E-state index in [2.05, 4.69) is 100 Å². The van der Waals surface area contributed by atoms with Crippen LogP contribution in [0.1, 0.15) is 92.3 Å². The molecule has 6 rings (SSSR count). The Morgan fingerprint density at radius 3 is 2.05 bits per heavy atom. The number of carbonyl (C=O) groups excluding carboxylic acids is 1. The van der Waals surface area contributed by atoms with Gasteiger partial charge in [-0.3, -0.25) is 9.79 Å². The summed E-state index contributed by atoms with van der Waals surface area (Å²) >= 11 is 0. The standard InChI is InChI=1S/C37H37NO/c1-6-36(39)37(5,7-2)30-10-14-34-28(20-30)18-26-16-24(8-12-32(26)34)22-38-31-11-15-35-29(21-31)19-27-17-25(23(3)4)9-13-33(27)35/h8-17,20-23H,6-7,18-19H2,1-5H3/t37-/m1/s1. The molecule has 0 spiro atoms. The molecule has 196 valence electrons. The van der Waals surface area contributed by atoms with E-state index in [0.717, 1.165) is 36.1 Å². The van der Waals surface area contributed by atoms with E-state index in [0.29, 0.717) is 18.1 Å². The van der Waals surface area contributed by atoms with Crippen molar-refractivity contribution in [3.05, 3.63) is 112 Å². The Morgan fingerprint density at radius 2 is 1.38 bits per heavy atom. The van der Waals surface area contributed by atoms with Crippen molar-refractivity contribution in [3.63, 3.8) is 0 Å². The Morgan fingerprint density at radius 1 is 0.795 bits per heavy atom. The van der Waals surface area contributed by atoms with Gasteiger partial charge in [0, 0.05) is 12.6 Å². The number of Topliss-reactive ketones (excluding diaryl/α,β-unsaturated/α-hetero) is 1. The molecule has 0 bridgehead atoms. The van der Waals surface area contributed by atoms with Gasteiger partial charge in [-0.15, -0.1) is 0 Å². The second-order valence-corrected chi connectivity index (χ2v) is 11.8. The lowest BCUT2D eigenvalue weighted by molar-refractivity contribution is -0.123. The molecule has 0 radical (unpaired) electrons. The van der Waals surface area contributed by atoms with Gasteiger partial charge >= 0.3 is 0 Å². The first-order valence-electron chi connectivity index (χ1n) is 14.4. The largest absolute Gasteiger partial charge is 0.299 e. The third-order valence-corrected chi connectivity index (χ3v) is 9.10. The molecular formula is C37H37NO. The number of fused-ring (bicyclic) bond motifs is 6. The highest BCUT2D eigenvalue weighted by Gasteiger charge is 2.33. The normalized spacial score (nSPS) is 14.7. The van der Waals surface area contributed by atoms with Crippen molar-refractivity contribution < 1.29 is 4.79 Å². The summed E-state index contributed by atoms with van der Waals surface area (Å²) in [4.78, 5) is 17.6. The average molecular weight is 512 g/mol. The highest BCUT2D eigenvalue weighted by molar-refractivity contribution is 5.91. The summed E-state index contributed by atoms with van der Waals surface area (Å²) in [6.07, 6.45) is 5.26. The topological polar surface area (TPSA) is 29.4 Å². The predicted octanol–water partition coefficient (Wildman–Crippen LogP) is 9.35. The van der Waals surface area contributed by atoms with Crippen LogP contribution in [0.3, 0.4) is 0 Å². The first-order valence-corrected chi connectivity index (χ1v) is 14.4. The minimum absolute atomic E-state index is 0.315. The van der Waals surface area contributed by atoms with Crippen LogP contribution in [0.2, 0.25) is 0 Å². The summed E-state index contributed by atoms with van der Waals surface area (Å²) in [5.41, 5.74) is 15.0. The van der Waals surface area contributed by atoms with Gasteiger partial charge in [0.2, 0.25) is 0 Å². The summed E-state index contributed by atoms with van der Waals surface area (Å²) in [6.45, 7) is 10.7. The lowest BCUT2D eigenvalue weighted by Gasteiger charge is -2.27. The van der Waals surface area contributed by atoms with Crippen LogP contribution in [0, 0.1) is 0 Å².